The van der Waals surface area contributed by atoms with E-state index in [1.165, 1.54) is 12.8 Å². The first-order valence-corrected chi connectivity index (χ1v) is 7.59. The normalized spacial score (nSPS) is 21.0. The minimum absolute atomic E-state index is 1.04. The maximum Gasteiger partial charge on any atom is -0.00573 e. The van der Waals surface area contributed by atoms with Crippen molar-refractivity contribution < 1.29 is 0 Å². The Morgan fingerprint density at radius 2 is 2.33 bits per heavy atom. The van der Waals surface area contributed by atoms with Crippen LogP contribution in [-0.4, -0.2) is 0 Å². The summed E-state index contributed by atoms with van der Waals surface area (Å²) in [6.07, 6.45) is 2.97. The molecule has 1 heterocycles. The summed E-state index contributed by atoms with van der Waals surface area (Å²) in [7, 11) is 4.43. The van der Waals surface area contributed by atoms with Gasteiger partial charge in [-0.1, -0.05) is 0 Å². The molecule has 1 aromatic heterocycles. The SMILES string of the molecule is Cc1[pH]ppc1C1CC1. The maximum atomic E-state index is 2.32. The molecule has 1 aliphatic carbocycles. The Morgan fingerprint density at radius 1 is 1.56 bits per heavy atom. The van der Waals surface area contributed by atoms with Crippen molar-refractivity contribution in [2.45, 2.75) is 25.7 Å². The zero-order valence-corrected chi connectivity index (χ0v) is 8.17. The van der Waals surface area contributed by atoms with E-state index in [-0.39, 0.29) is 0 Å². The molecule has 0 aromatic carbocycles. The summed E-state index contributed by atoms with van der Waals surface area (Å²) in [5.41, 5.74) is 0. The highest BCUT2D eigenvalue weighted by atomic mass is 32.1. The molecule has 0 bridgehead atoms. The van der Waals surface area contributed by atoms with Crippen LogP contribution in [0.1, 0.15) is 29.4 Å². The smallest absolute Gasteiger partial charge is 0.00573 e. The molecule has 0 saturated heterocycles. The Balaban J connectivity index is 2.35. The summed E-state index contributed by atoms with van der Waals surface area (Å²) < 4.78 is 0. The third-order valence-electron chi connectivity index (χ3n) is 1.72. The van der Waals surface area contributed by atoms with E-state index in [4.69, 9.17) is 0 Å². The summed E-state index contributed by atoms with van der Waals surface area (Å²) in [4.78, 5) is 0. The van der Waals surface area contributed by atoms with Crippen LogP contribution in [0.3, 0.4) is 0 Å². The average Bonchev–Trinajstić information content (AvgIpc) is 2.58. The number of aryl methyl sites for hydroxylation is 1. The lowest BCUT2D eigenvalue weighted by Gasteiger charge is -1.90. The molecular weight excluding hydrogens is 165 g/mol. The van der Waals surface area contributed by atoms with E-state index >= 15 is 0 Å². The molecule has 0 amide bonds. The highest BCUT2D eigenvalue weighted by Gasteiger charge is 2.25. The van der Waals surface area contributed by atoms with E-state index in [2.05, 4.69) is 6.92 Å². The van der Waals surface area contributed by atoms with Gasteiger partial charge >= 0.3 is 0 Å². The van der Waals surface area contributed by atoms with Crippen molar-refractivity contribution in [3.63, 3.8) is 0 Å². The molecule has 1 atom stereocenters. The Morgan fingerprint density at radius 3 is 2.78 bits per heavy atom. The Hall–Kier alpha value is 0.640. The highest BCUT2D eigenvalue weighted by molar-refractivity contribution is 8.17. The van der Waals surface area contributed by atoms with Crippen molar-refractivity contribution in [2.24, 2.45) is 0 Å². The molecule has 3 heteroatoms. The predicted molar refractivity (Wildman–Crippen MR) is 47.7 cm³/mol. The van der Waals surface area contributed by atoms with E-state index in [0.717, 1.165) is 13.8 Å². The molecule has 9 heavy (non-hydrogen) atoms. The summed E-state index contributed by atoms with van der Waals surface area (Å²) >= 11 is 0. The fraction of sp³-hybridized carbons (Fsp3) is 0.667. The standard InChI is InChI=1S/C6H9P3/c1-4-6(5-2-3-5)8-9-7-4/h5,7H,2-3H2,1H3. The second kappa shape index (κ2) is 2.35. The summed E-state index contributed by atoms with van der Waals surface area (Å²) in [6.45, 7) is 2.32. The monoisotopic (exact) mass is 174 g/mol. The van der Waals surface area contributed by atoms with Crippen LogP contribution in [0.5, 0.6) is 0 Å². The number of hydrogen-bond acceptors (Lipinski definition) is 0. The Bertz CT molecular complexity index is 212. The molecule has 0 N–H and O–H groups in total. The first-order valence-electron chi connectivity index (χ1n) is 3.25. The number of hydrogen-bond donors (Lipinski definition) is 0. The van der Waals surface area contributed by atoms with Crippen LogP contribution in [0, 0.1) is 6.92 Å². The van der Waals surface area contributed by atoms with Gasteiger partial charge in [0, 0.05) is 0 Å². The average molecular weight is 174 g/mol. The second-order valence-corrected chi connectivity index (χ2v) is 8.12. The quantitative estimate of drug-likeness (QED) is 0.602. The second-order valence-electron chi connectivity index (χ2n) is 2.60. The van der Waals surface area contributed by atoms with Crippen molar-refractivity contribution in [3.8, 4) is 0 Å². The summed E-state index contributed by atoms with van der Waals surface area (Å²) in [5, 5.41) is 3.52. The summed E-state index contributed by atoms with van der Waals surface area (Å²) in [5.74, 6) is 1.04. The van der Waals surface area contributed by atoms with Gasteiger partial charge in [0.1, 0.15) is 0 Å². The molecule has 1 fully saturated rings. The largest absolute Gasteiger partial charge is 0.102 e. The lowest BCUT2D eigenvalue weighted by Crippen LogP contribution is -1.69. The fourth-order valence-electron chi connectivity index (χ4n) is 1.03. The number of rotatable bonds is 1. The predicted octanol–water partition coefficient (Wildman–Crippen LogP) is 4.06. The van der Waals surface area contributed by atoms with Crippen LogP contribution >= 0.6 is 23.3 Å². The molecule has 1 saturated carbocycles. The molecular formula is C6H9P3. The molecule has 1 aromatic rings. The van der Waals surface area contributed by atoms with Crippen LogP contribution in [-0.2, 0) is 0 Å². The molecule has 1 unspecified atom stereocenters. The van der Waals surface area contributed by atoms with Gasteiger partial charge in [0.2, 0.25) is 0 Å². The first-order chi connectivity index (χ1) is 4.38. The fourth-order valence-corrected chi connectivity index (χ4v) is 8.11. The van der Waals surface area contributed by atoms with Crippen LogP contribution < -0.4 is 0 Å². The molecule has 0 spiro atoms. The van der Waals surface area contributed by atoms with Gasteiger partial charge in [0.15, 0.2) is 0 Å². The molecule has 2 rings (SSSR count). The Kier molecular flexibility index (Phi) is 1.66. The van der Waals surface area contributed by atoms with Crippen LogP contribution in [0.2, 0.25) is 0 Å². The van der Waals surface area contributed by atoms with Crippen molar-refractivity contribution in [1.29, 1.82) is 0 Å². The topological polar surface area (TPSA) is 0 Å². The van der Waals surface area contributed by atoms with Gasteiger partial charge in [-0.05, 0) is 51.7 Å². The van der Waals surface area contributed by atoms with Gasteiger partial charge < -0.3 is 0 Å². The lowest BCUT2D eigenvalue weighted by molar-refractivity contribution is 1.16. The van der Waals surface area contributed by atoms with Crippen molar-refractivity contribution in [2.75, 3.05) is 0 Å². The maximum absolute atomic E-state index is 2.32. The van der Waals surface area contributed by atoms with Crippen LogP contribution in [0.25, 0.3) is 0 Å². The van der Waals surface area contributed by atoms with E-state index in [1.54, 1.807) is 26.0 Å². The van der Waals surface area contributed by atoms with E-state index < -0.39 is 0 Å². The first kappa shape index (κ1) is 6.36. The third-order valence-corrected chi connectivity index (χ3v) is 7.71. The van der Waals surface area contributed by atoms with Gasteiger partial charge in [-0.25, -0.2) is 0 Å². The van der Waals surface area contributed by atoms with Crippen molar-refractivity contribution in [3.05, 3.63) is 10.6 Å². The molecule has 1 aliphatic rings. The molecule has 0 aliphatic heterocycles. The van der Waals surface area contributed by atoms with Gasteiger partial charge in [0.05, 0.1) is 0 Å². The minimum atomic E-state index is 1.04. The zero-order valence-electron chi connectivity index (χ0n) is 5.39. The van der Waals surface area contributed by atoms with Crippen molar-refractivity contribution in [1.82, 2.24) is 0 Å². The van der Waals surface area contributed by atoms with E-state index in [1.807, 2.05) is 0 Å². The third kappa shape index (κ3) is 1.22. The summed E-state index contributed by atoms with van der Waals surface area (Å²) in [6, 6.07) is 0. The van der Waals surface area contributed by atoms with Crippen LogP contribution in [0.15, 0.2) is 0 Å². The van der Waals surface area contributed by atoms with Gasteiger partial charge in [0.25, 0.3) is 0 Å². The van der Waals surface area contributed by atoms with Gasteiger partial charge in [-0.3, -0.25) is 0 Å². The highest BCUT2D eigenvalue weighted by Crippen LogP contribution is 2.52. The molecule has 48 valence electrons. The van der Waals surface area contributed by atoms with E-state index in [0.29, 0.717) is 0 Å². The molecule has 0 nitrogen and oxygen atoms in total. The Labute approximate surface area is 60.1 Å². The zero-order chi connectivity index (χ0) is 6.27. The lowest BCUT2D eigenvalue weighted by atomic mass is 10.3. The van der Waals surface area contributed by atoms with Gasteiger partial charge in [-0.15, -0.1) is 7.87 Å². The molecule has 0 radical (unpaired) electrons. The van der Waals surface area contributed by atoms with Crippen molar-refractivity contribution >= 4 is 23.3 Å². The van der Waals surface area contributed by atoms with Crippen LogP contribution in [0.4, 0.5) is 0 Å². The van der Waals surface area contributed by atoms with E-state index in [9.17, 15) is 0 Å². The van der Waals surface area contributed by atoms with Gasteiger partial charge in [-0.2, -0.15) is 0 Å². The minimum Gasteiger partial charge on any atom is -0.102 e.